The molecule has 2 rings (SSSR count). The van der Waals surface area contributed by atoms with E-state index in [1.807, 2.05) is 35.8 Å². The van der Waals surface area contributed by atoms with Crippen LogP contribution in [0.4, 0.5) is 0 Å². The SMILES string of the molecule is CNC(CO)CSc1nnc2ccccn12. The van der Waals surface area contributed by atoms with Gasteiger partial charge in [-0.25, -0.2) is 0 Å². The molecule has 2 aromatic heterocycles. The van der Waals surface area contributed by atoms with Gasteiger partial charge in [0.15, 0.2) is 10.8 Å². The fraction of sp³-hybridized carbons (Fsp3) is 0.400. The molecule has 2 heterocycles. The maximum Gasteiger partial charge on any atom is 0.195 e. The van der Waals surface area contributed by atoms with Crippen LogP contribution in [0.15, 0.2) is 29.6 Å². The highest BCUT2D eigenvalue weighted by molar-refractivity contribution is 7.99. The fourth-order valence-corrected chi connectivity index (χ4v) is 2.33. The van der Waals surface area contributed by atoms with Gasteiger partial charge in [-0.15, -0.1) is 10.2 Å². The van der Waals surface area contributed by atoms with E-state index in [1.165, 1.54) is 0 Å². The van der Waals surface area contributed by atoms with Crippen LogP contribution in [0.25, 0.3) is 5.65 Å². The minimum Gasteiger partial charge on any atom is -0.395 e. The van der Waals surface area contributed by atoms with E-state index in [0.29, 0.717) is 0 Å². The highest BCUT2D eigenvalue weighted by Gasteiger charge is 2.09. The summed E-state index contributed by atoms with van der Waals surface area (Å²) >= 11 is 1.58. The van der Waals surface area contributed by atoms with Crippen molar-refractivity contribution in [2.75, 3.05) is 19.4 Å². The summed E-state index contributed by atoms with van der Waals surface area (Å²) < 4.78 is 1.94. The maximum absolute atomic E-state index is 9.05. The van der Waals surface area contributed by atoms with Crippen molar-refractivity contribution in [3.63, 3.8) is 0 Å². The normalized spacial score (nSPS) is 13.1. The molecule has 0 aliphatic carbocycles. The van der Waals surface area contributed by atoms with Crippen LogP contribution in [0.2, 0.25) is 0 Å². The molecule has 0 radical (unpaired) electrons. The van der Waals surface area contributed by atoms with Gasteiger partial charge < -0.3 is 10.4 Å². The molecule has 0 spiro atoms. The molecule has 0 saturated heterocycles. The van der Waals surface area contributed by atoms with Crippen LogP contribution < -0.4 is 5.32 Å². The molecule has 2 N–H and O–H groups in total. The second-order valence-electron chi connectivity index (χ2n) is 3.39. The van der Waals surface area contributed by atoms with Gasteiger partial charge in [0.05, 0.1) is 6.61 Å². The van der Waals surface area contributed by atoms with E-state index < -0.39 is 0 Å². The number of nitrogens with zero attached hydrogens (tertiary/aromatic N) is 3. The summed E-state index contributed by atoms with van der Waals surface area (Å²) in [5, 5.41) is 21.1. The molecule has 5 nitrogen and oxygen atoms in total. The molecule has 0 aliphatic rings. The summed E-state index contributed by atoms with van der Waals surface area (Å²) in [5.74, 6) is 0.767. The Morgan fingerprint density at radius 3 is 3.12 bits per heavy atom. The number of aromatic nitrogens is 3. The highest BCUT2D eigenvalue weighted by atomic mass is 32.2. The molecule has 1 unspecified atom stereocenters. The van der Waals surface area contributed by atoms with Crippen molar-refractivity contribution < 1.29 is 5.11 Å². The smallest absolute Gasteiger partial charge is 0.195 e. The van der Waals surface area contributed by atoms with Crippen LogP contribution in [0.1, 0.15) is 0 Å². The van der Waals surface area contributed by atoms with E-state index in [2.05, 4.69) is 15.5 Å². The lowest BCUT2D eigenvalue weighted by Gasteiger charge is -2.10. The largest absolute Gasteiger partial charge is 0.395 e. The van der Waals surface area contributed by atoms with Crippen molar-refractivity contribution in [1.82, 2.24) is 19.9 Å². The van der Waals surface area contributed by atoms with Gasteiger partial charge in [-0.2, -0.15) is 0 Å². The van der Waals surface area contributed by atoms with E-state index in [9.17, 15) is 0 Å². The summed E-state index contributed by atoms with van der Waals surface area (Å²) in [4.78, 5) is 0. The van der Waals surface area contributed by atoms with Gasteiger partial charge in [0, 0.05) is 18.0 Å². The van der Waals surface area contributed by atoms with E-state index >= 15 is 0 Å². The average Bonchev–Trinajstić information content (AvgIpc) is 2.74. The standard InChI is InChI=1S/C10H14N4OS/c1-11-8(6-15)7-16-10-13-12-9-4-2-3-5-14(9)10/h2-5,8,11,15H,6-7H2,1H3. The second kappa shape index (κ2) is 5.29. The molecule has 0 saturated carbocycles. The van der Waals surface area contributed by atoms with Gasteiger partial charge in [-0.3, -0.25) is 4.40 Å². The van der Waals surface area contributed by atoms with Gasteiger partial charge in [0.2, 0.25) is 0 Å². The number of nitrogens with one attached hydrogen (secondary N) is 1. The fourth-order valence-electron chi connectivity index (χ4n) is 1.32. The molecule has 1 atom stereocenters. The van der Waals surface area contributed by atoms with Crippen molar-refractivity contribution >= 4 is 17.4 Å². The summed E-state index contributed by atoms with van der Waals surface area (Å²) in [6.45, 7) is 0.125. The number of aliphatic hydroxyl groups is 1. The molecule has 0 aliphatic heterocycles. The predicted octanol–water partition coefficient (Wildman–Crippen LogP) is 0.402. The molecule has 0 bridgehead atoms. The minimum atomic E-state index is 0.0843. The lowest BCUT2D eigenvalue weighted by Crippen LogP contribution is -2.31. The Morgan fingerprint density at radius 2 is 2.38 bits per heavy atom. The van der Waals surface area contributed by atoms with Gasteiger partial charge in [0.25, 0.3) is 0 Å². The molecular formula is C10H14N4OS. The summed E-state index contributed by atoms with van der Waals surface area (Å²) in [7, 11) is 1.84. The van der Waals surface area contributed by atoms with Gasteiger partial charge in [-0.05, 0) is 19.2 Å². The number of pyridine rings is 1. The van der Waals surface area contributed by atoms with Crippen molar-refractivity contribution in [2.45, 2.75) is 11.2 Å². The molecule has 16 heavy (non-hydrogen) atoms. The maximum atomic E-state index is 9.05. The molecule has 86 valence electrons. The Morgan fingerprint density at radius 1 is 1.50 bits per heavy atom. The topological polar surface area (TPSA) is 62.5 Å². The van der Waals surface area contributed by atoms with Crippen LogP contribution in [0.5, 0.6) is 0 Å². The summed E-state index contributed by atoms with van der Waals surface area (Å²) in [6, 6.07) is 5.88. The third-order valence-corrected chi connectivity index (χ3v) is 3.43. The Kier molecular flexibility index (Phi) is 3.76. The van der Waals surface area contributed by atoms with Crippen LogP contribution >= 0.6 is 11.8 Å². The monoisotopic (exact) mass is 238 g/mol. The molecule has 2 aromatic rings. The predicted molar refractivity (Wildman–Crippen MR) is 63.6 cm³/mol. The quantitative estimate of drug-likeness (QED) is 0.738. The van der Waals surface area contributed by atoms with Crippen LogP contribution in [0, 0.1) is 0 Å². The Bertz CT molecular complexity index is 455. The zero-order chi connectivity index (χ0) is 11.4. The number of aliphatic hydroxyl groups excluding tert-OH is 1. The Balaban J connectivity index is 2.09. The third-order valence-electron chi connectivity index (χ3n) is 2.32. The number of hydrogen-bond acceptors (Lipinski definition) is 5. The van der Waals surface area contributed by atoms with Crippen LogP contribution in [-0.4, -0.2) is 45.2 Å². The molecule has 6 heteroatoms. The number of rotatable bonds is 5. The van der Waals surface area contributed by atoms with E-state index in [0.717, 1.165) is 16.6 Å². The molecule has 0 amide bonds. The Hall–Kier alpha value is -1.11. The van der Waals surface area contributed by atoms with E-state index in [1.54, 1.807) is 11.8 Å². The molecule has 0 aromatic carbocycles. The van der Waals surface area contributed by atoms with Crippen LogP contribution in [-0.2, 0) is 0 Å². The third kappa shape index (κ3) is 2.34. The van der Waals surface area contributed by atoms with Crippen molar-refractivity contribution in [3.8, 4) is 0 Å². The first-order valence-electron chi connectivity index (χ1n) is 5.06. The average molecular weight is 238 g/mol. The summed E-state index contributed by atoms with van der Waals surface area (Å²) in [5.41, 5.74) is 0.843. The Labute approximate surface area is 97.9 Å². The number of thioether (sulfide) groups is 1. The van der Waals surface area contributed by atoms with Crippen LogP contribution in [0.3, 0.4) is 0 Å². The number of fused-ring (bicyclic) bond motifs is 1. The van der Waals surface area contributed by atoms with Gasteiger partial charge >= 0.3 is 0 Å². The highest BCUT2D eigenvalue weighted by Crippen LogP contribution is 2.17. The first kappa shape index (κ1) is 11.4. The first-order valence-corrected chi connectivity index (χ1v) is 6.04. The number of hydrogen-bond donors (Lipinski definition) is 2. The zero-order valence-corrected chi connectivity index (χ0v) is 9.81. The molecular weight excluding hydrogens is 224 g/mol. The van der Waals surface area contributed by atoms with Crippen molar-refractivity contribution in [1.29, 1.82) is 0 Å². The zero-order valence-electron chi connectivity index (χ0n) is 9.00. The lowest BCUT2D eigenvalue weighted by atomic mass is 10.4. The van der Waals surface area contributed by atoms with Gasteiger partial charge in [-0.1, -0.05) is 17.8 Å². The van der Waals surface area contributed by atoms with E-state index in [-0.39, 0.29) is 12.6 Å². The minimum absolute atomic E-state index is 0.0843. The second-order valence-corrected chi connectivity index (χ2v) is 4.38. The van der Waals surface area contributed by atoms with Crippen molar-refractivity contribution in [2.24, 2.45) is 0 Å². The number of likely N-dealkylation sites (N-methyl/N-ethyl adjacent to an activating group) is 1. The first-order chi connectivity index (χ1) is 7.85. The van der Waals surface area contributed by atoms with Gasteiger partial charge in [0.1, 0.15) is 0 Å². The summed E-state index contributed by atoms with van der Waals surface area (Å²) in [6.07, 6.45) is 1.94. The van der Waals surface area contributed by atoms with E-state index in [4.69, 9.17) is 5.11 Å². The van der Waals surface area contributed by atoms with Crippen molar-refractivity contribution in [3.05, 3.63) is 24.4 Å². The molecule has 0 fully saturated rings. The lowest BCUT2D eigenvalue weighted by molar-refractivity contribution is 0.260.